The predicted molar refractivity (Wildman–Crippen MR) is 118 cm³/mol. The summed E-state index contributed by atoms with van der Waals surface area (Å²) in [6.07, 6.45) is -15.8. The zero-order valence-electron chi connectivity index (χ0n) is 18.2. The minimum absolute atomic E-state index is 0.125. The third kappa shape index (κ3) is 7.91. The number of alkyl halides is 3. The summed E-state index contributed by atoms with van der Waals surface area (Å²) in [6, 6.07) is 0. The molecule has 14 nitrogen and oxygen atoms in total. The molecule has 210 valence electrons. The largest absolute Gasteiger partial charge is 0.394 e. The molecular formula is C18H33Cl3O14. The summed E-state index contributed by atoms with van der Waals surface area (Å²) in [6.45, 7) is -1.98. The van der Waals surface area contributed by atoms with E-state index in [2.05, 4.69) is 0 Å². The van der Waals surface area contributed by atoms with Crippen molar-refractivity contribution in [1.82, 2.24) is 0 Å². The van der Waals surface area contributed by atoms with E-state index in [-0.39, 0.29) is 5.88 Å². The summed E-state index contributed by atoms with van der Waals surface area (Å²) in [7, 11) is 0. The number of halogens is 3. The maximum absolute atomic E-state index is 10.1. The Morgan fingerprint density at radius 1 is 0.800 bits per heavy atom. The summed E-state index contributed by atoms with van der Waals surface area (Å²) in [5.41, 5.74) is 0. The zero-order chi connectivity index (χ0) is 27.1. The molecule has 0 aromatic heterocycles. The molecule has 2 saturated heterocycles. The monoisotopic (exact) mass is 578 g/mol. The lowest BCUT2D eigenvalue weighted by molar-refractivity contribution is -0.357. The quantitative estimate of drug-likeness (QED) is 0.108. The van der Waals surface area contributed by atoms with Gasteiger partial charge in [0.05, 0.1) is 37.0 Å². The molecule has 2 heterocycles. The van der Waals surface area contributed by atoms with Gasteiger partial charge in [-0.3, -0.25) is 0 Å². The molecular weight excluding hydrogens is 547 g/mol. The summed E-state index contributed by atoms with van der Waals surface area (Å²) >= 11 is 17.3. The van der Waals surface area contributed by atoms with Gasteiger partial charge in [0.2, 0.25) is 5.79 Å². The second-order valence-electron chi connectivity index (χ2n) is 7.94. The van der Waals surface area contributed by atoms with Crippen molar-refractivity contribution in [3.05, 3.63) is 0 Å². The van der Waals surface area contributed by atoms with Crippen LogP contribution in [0.2, 0.25) is 0 Å². The number of ether oxygens (including phenoxy) is 3. The van der Waals surface area contributed by atoms with E-state index >= 15 is 0 Å². The van der Waals surface area contributed by atoms with E-state index in [0.29, 0.717) is 0 Å². The Morgan fingerprint density at radius 3 is 1.69 bits per heavy atom. The van der Waals surface area contributed by atoms with Gasteiger partial charge in [-0.2, -0.15) is 0 Å². The highest BCUT2D eigenvalue weighted by molar-refractivity contribution is 6.21. The molecule has 0 saturated carbocycles. The molecule has 11 N–H and O–H groups in total. The van der Waals surface area contributed by atoms with Crippen molar-refractivity contribution in [3.63, 3.8) is 0 Å². The van der Waals surface area contributed by atoms with E-state index in [1.807, 2.05) is 0 Å². The second kappa shape index (κ2) is 15.0. The fourth-order valence-electron chi connectivity index (χ4n) is 3.23. The Morgan fingerprint density at radius 2 is 1.31 bits per heavy atom. The van der Waals surface area contributed by atoms with Crippen LogP contribution in [0, 0.1) is 0 Å². The third-order valence-corrected chi connectivity index (χ3v) is 6.69. The van der Waals surface area contributed by atoms with Gasteiger partial charge in [0.15, 0.2) is 6.29 Å². The maximum atomic E-state index is 10.1. The molecule has 17 heteroatoms. The van der Waals surface area contributed by atoms with Crippen molar-refractivity contribution in [3.8, 4) is 0 Å². The number of hydrogen-bond donors (Lipinski definition) is 11. The van der Waals surface area contributed by atoms with Crippen LogP contribution in [0.3, 0.4) is 0 Å². The number of aliphatic hydroxyl groups excluding tert-OH is 11. The average Bonchev–Trinajstić information content (AvgIpc) is 3.12. The lowest BCUT2D eigenvalue weighted by Gasteiger charge is -2.43. The van der Waals surface area contributed by atoms with E-state index in [1.165, 1.54) is 0 Å². The Kier molecular flexibility index (Phi) is 14.3. The van der Waals surface area contributed by atoms with E-state index in [1.54, 1.807) is 0 Å². The molecule has 0 unspecified atom stereocenters. The minimum Gasteiger partial charge on any atom is -0.394 e. The van der Waals surface area contributed by atoms with Gasteiger partial charge in [0.1, 0.15) is 61.0 Å². The Labute approximate surface area is 215 Å². The van der Waals surface area contributed by atoms with Gasteiger partial charge in [-0.15, -0.1) is 34.8 Å². The van der Waals surface area contributed by atoms with Crippen molar-refractivity contribution in [2.24, 2.45) is 0 Å². The van der Waals surface area contributed by atoms with Crippen LogP contribution >= 0.6 is 34.8 Å². The van der Waals surface area contributed by atoms with Gasteiger partial charge >= 0.3 is 0 Å². The predicted octanol–water partition coefficient (Wildman–Crippen LogP) is -5.24. The molecule has 35 heavy (non-hydrogen) atoms. The van der Waals surface area contributed by atoms with Crippen molar-refractivity contribution in [1.29, 1.82) is 0 Å². The molecule has 2 aliphatic rings. The molecule has 2 aliphatic heterocycles. The first kappa shape index (κ1) is 33.3. The highest BCUT2D eigenvalue weighted by atomic mass is 35.5. The summed E-state index contributed by atoms with van der Waals surface area (Å²) in [5.74, 6) is -2.43. The van der Waals surface area contributed by atoms with Crippen LogP contribution in [0.25, 0.3) is 0 Å². The van der Waals surface area contributed by atoms with Crippen LogP contribution in [-0.2, 0) is 14.2 Å². The van der Waals surface area contributed by atoms with Crippen molar-refractivity contribution in [2.75, 3.05) is 31.6 Å². The molecule has 0 radical (unpaired) electrons. The Hall–Kier alpha value is 0.310. The molecule has 0 spiro atoms. The fourth-order valence-corrected chi connectivity index (χ4v) is 4.05. The topological polar surface area (TPSA) is 250 Å². The third-order valence-electron chi connectivity index (χ3n) is 5.47. The number of rotatable bonds is 10. The normalized spacial score (nSPS) is 41.0. The van der Waals surface area contributed by atoms with E-state index < -0.39 is 104 Å². The van der Waals surface area contributed by atoms with Crippen LogP contribution in [0.5, 0.6) is 0 Å². The van der Waals surface area contributed by atoms with Gasteiger partial charge in [-0.05, 0) is 0 Å². The van der Waals surface area contributed by atoms with Crippen LogP contribution in [0.15, 0.2) is 0 Å². The van der Waals surface area contributed by atoms with Crippen molar-refractivity contribution < 1.29 is 70.4 Å². The lowest BCUT2D eigenvalue weighted by Crippen LogP contribution is -2.61. The molecule has 0 aliphatic carbocycles. The minimum atomic E-state index is -1.90. The summed E-state index contributed by atoms with van der Waals surface area (Å²) in [5, 5.41) is 100. The van der Waals surface area contributed by atoms with E-state index in [4.69, 9.17) is 79.7 Å². The summed E-state index contributed by atoms with van der Waals surface area (Å²) < 4.78 is 16.1. The highest BCUT2D eigenvalue weighted by Gasteiger charge is 2.58. The summed E-state index contributed by atoms with van der Waals surface area (Å²) in [4.78, 5) is 0. The standard InChI is InChI=1S/C12H19Cl3O8.C6H14O6/c13-1-4-7(17)10(20)12(3-14,22-4)23-11-9(19)8(18)6(15)5(2-16)21-11;7-1-3(9)5(11)6(12)4(10)2-8/h4-11,16-20H,1-3H2;3-12H,1-2H2/t4-,5-,6+,7-,8+,9-,10+,11-,12+;3-,4+,5-,6-/m11/s1. The van der Waals surface area contributed by atoms with Crippen LogP contribution in [0.1, 0.15) is 0 Å². The number of hydrogen-bond acceptors (Lipinski definition) is 14. The fraction of sp³-hybridized carbons (Fsp3) is 1.00. The molecule has 2 rings (SSSR count). The number of aliphatic hydroxyl groups is 11. The van der Waals surface area contributed by atoms with E-state index in [9.17, 15) is 25.5 Å². The van der Waals surface area contributed by atoms with Gasteiger partial charge < -0.3 is 70.4 Å². The average molecular weight is 580 g/mol. The Balaban J connectivity index is 0.000000434. The van der Waals surface area contributed by atoms with Crippen molar-refractivity contribution >= 4 is 34.8 Å². The van der Waals surface area contributed by atoms with Crippen molar-refractivity contribution in [2.45, 2.75) is 78.5 Å². The highest BCUT2D eigenvalue weighted by Crippen LogP contribution is 2.38. The molecule has 2 fully saturated rings. The van der Waals surface area contributed by atoms with E-state index in [0.717, 1.165) is 0 Å². The van der Waals surface area contributed by atoms with Crippen LogP contribution in [0.4, 0.5) is 0 Å². The smallest absolute Gasteiger partial charge is 0.214 e. The molecule has 0 amide bonds. The first-order chi connectivity index (χ1) is 16.3. The molecule has 0 bridgehead atoms. The van der Waals surface area contributed by atoms with Crippen LogP contribution in [-0.4, -0.2) is 166 Å². The van der Waals surface area contributed by atoms with Gasteiger partial charge in [0.25, 0.3) is 0 Å². The first-order valence-corrected chi connectivity index (χ1v) is 11.9. The lowest BCUT2D eigenvalue weighted by atomic mass is 10.0. The second-order valence-corrected chi connectivity index (χ2v) is 9.02. The van der Waals surface area contributed by atoms with Gasteiger partial charge in [-0.1, -0.05) is 0 Å². The molecule has 0 aromatic rings. The van der Waals surface area contributed by atoms with Crippen LogP contribution < -0.4 is 0 Å². The maximum Gasteiger partial charge on any atom is 0.214 e. The molecule has 13 atom stereocenters. The zero-order valence-corrected chi connectivity index (χ0v) is 20.5. The Bertz CT molecular complexity index is 595. The SMILES string of the molecule is OC[C@@H](O)[C@@H](O)[C@H](O)[C@@H](O)CO.OC[C@H]1O[C@H](O[C@]2(CCl)O[C@H](CCl)[C@@H](O)[C@@H]2O)[C@H](O)[C@@H](O)[C@H]1Cl. The molecule has 0 aromatic carbocycles. The van der Waals surface area contributed by atoms with Gasteiger partial charge in [-0.25, -0.2) is 0 Å². The first-order valence-electron chi connectivity index (χ1n) is 10.4. The van der Waals surface area contributed by atoms with Gasteiger partial charge in [0, 0.05) is 0 Å².